The highest BCUT2D eigenvalue weighted by Crippen LogP contribution is 2.26. The van der Waals surface area contributed by atoms with Gasteiger partial charge in [0.05, 0.1) is 19.8 Å². The average Bonchev–Trinajstić information content (AvgIpc) is 2.45. The van der Waals surface area contributed by atoms with E-state index in [0.29, 0.717) is 0 Å². The van der Waals surface area contributed by atoms with Crippen LogP contribution in [0, 0.1) is 5.41 Å². The minimum Gasteiger partial charge on any atom is -0.381 e. The predicted octanol–water partition coefficient (Wildman–Crippen LogP) is 4.54. The summed E-state index contributed by atoms with van der Waals surface area (Å²) in [6, 6.07) is 0. The lowest BCUT2D eigenvalue weighted by atomic mass is 9.93. The molecule has 3 nitrogen and oxygen atoms in total. The van der Waals surface area contributed by atoms with E-state index in [1.54, 1.807) is 0 Å². The van der Waals surface area contributed by atoms with E-state index in [4.69, 9.17) is 14.2 Å². The molecular formula is C17H34O3. The lowest BCUT2D eigenvalue weighted by Crippen LogP contribution is -2.42. The Bertz CT molecular complexity index is 217. The van der Waals surface area contributed by atoms with Crippen molar-refractivity contribution in [2.45, 2.75) is 78.4 Å². The van der Waals surface area contributed by atoms with Gasteiger partial charge in [0.1, 0.15) is 0 Å². The minimum absolute atomic E-state index is 0.0131. The second kappa shape index (κ2) is 10.6. The van der Waals surface area contributed by atoms with E-state index in [-0.39, 0.29) is 11.7 Å². The molecule has 0 spiro atoms. The molecule has 0 atom stereocenters. The van der Waals surface area contributed by atoms with Crippen molar-refractivity contribution >= 4 is 0 Å². The Morgan fingerprint density at radius 2 is 1.60 bits per heavy atom. The summed E-state index contributed by atoms with van der Waals surface area (Å²) in [7, 11) is 0. The van der Waals surface area contributed by atoms with Crippen LogP contribution in [0.4, 0.5) is 0 Å². The quantitative estimate of drug-likeness (QED) is 0.522. The molecule has 120 valence electrons. The van der Waals surface area contributed by atoms with Gasteiger partial charge in [-0.2, -0.15) is 0 Å². The standard InChI is InChI=1S/C17H34O3/c1-4-6-8-10-12-18-13-17(3)14-19-16(20-15-17)11-9-7-5-2/h16H,4-15H2,1-3H3. The fourth-order valence-corrected chi connectivity index (χ4v) is 2.44. The lowest BCUT2D eigenvalue weighted by Gasteiger charge is -2.37. The van der Waals surface area contributed by atoms with Crippen molar-refractivity contribution < 1.29 is 14.2 Å². The summed E-state index contributed by atoms with van der Waals surface area (Å²) in [6.45, 7) is 9.79. The maximum atomic E-state index is 5.83. The van der Waals surface area contributed by atoms with Gasteiger partial charge >= 0.3 is 0 Å². The Hall–Kier alpha value is -0.120. The summed E-state index contributed by atoms with van der Waals surface area (Å²) >= 11 is 0. The first kappa shape index (κ1) is 17.9. The van der Waals surface area contributed by atoms with Crippen molar-refractivity contribution in [3.8, 4) is 0 Å². The summed E-state index contributed by atoms with van der Waals surface area (Å²) in [5, 5.41) is 0. The molecule has 1 aliphatic heterocycles. The summed E-state index contributed by atoms with van der Waals surface area (Å²) in [5.74, 6) is 0. The fourth-order valence-electron chi connectivity index (χ4n) is 2.44. The largest absolute Gasteiger partial charge is 0.381 e. The zero-order chi connectivity index (χ0) is 14.7. The monoisotopic (exact) mass is 286 g/mol. The van der Waals surface area contributed by atoms with Crippen molar-refractivity contribution in [1.29, 1.82) is 0 Å². The van der Waals surface area contributed by atoms with Gasteiger partial charge in [-0.15, -0.1) is 0 Å². The lowest BCUT2D eigenvalue weighted by molar-refractivity contribution is -0.237. The Balaban J connectivity index is 2.06. The summed E-state index contributed by atoms with van der Waals surface area (Å²) < 4.78 is 17.5. The number of rotatable bonds is 11. The van der Waals surface area contributed by atoms with Gasteiger partial charge in [-0.25, -0.2) is 0 Å². The molecule has 0 bridgehead atoms. The van der Waals surface area contributed by atoms with Crippen molar-refractivity contribution in [3.63, 3.8) is 0 Å². The molecule has 0 N–H and O–H groups in total. The average molecular weight is 286 g/mol. The molecule has 0 aliphatic carbocycles. The molecular weight excluding hydrogens is 252 g/mol. The van der Waals surface area contributed by atoms with Crippen molar-refractivity contribution in [2.75, 3.05) is 26.4 Å². The van der Waals surface area contributed by atoms with Gasteiger partial charge in [-0.3, -0.25) is 0 Å². The van der Waals surface area contributed by atoms with Gasteiger partial charge in [0, 0.05) is 12.0 Å². The molecule has 0 radical (unpaired) electrons. The molecule has 0 aromatic carbocycles. The van der Waals surface area contributed by atoms with Gasteiger partial charge < -0.3 is 14.2 Å². The molecule has 1 fully saturated rings. The van der Waals surface area contributed by atoms with Crippen LogP contribution in [0.3, 0.4) is 0 Å². The van der Waals surface area contributed by atoms with Crippen LogP contribution in [-0.2, 0) is 14.2 Å². The molecule has 3 heteroatoms. The molecule has 0 saturated carbocycles. The zero-order valence-electron chi connectivity index (χ0n) is 13.8. The Morgan fingerprint density at radius 3 is 2.25 bits per heavy atom. The number of unbranched alkanes of at least 4 members (excludes halogenated alkanes) is 5. The van der Waals surface area contributed by atoms with Crippen LogP contribution in [0.5, 0.6) is 0 Å². The summed E-state index contributed by atoms with van der Waals surface area (Å²) in [5.41, 5.74) is 0.0337. The Kier molecular flexibility index (Phi) is 9.49. The summed E-state index contributed by atoms with van der Waals surface area (Å²) in [4.78, 5) is 0. The highest BCUT2D eigenvalue weighted by molar-refractivity contribution is 4.76. The molecule has 1 heterocycles. The van der Waals surface area contributed by atoms with Gasteiger partial charge in [0.25, 0.3) is 0 Å². The van der Waals surface area contributed by atoms with Crippen molar-refractivity contribution in [3.05, 3.63) is 0 Å². The number of hydrogen-bond donors (Lipinski definition) is 0. The maximum absolute atomic E-state index is 5.83. The molecule has 0 unspecified atom stereocenters. The Labute approximate surface area is 125 Å². The van der Waals surface area contributed by atoms with Crippen LogP contribution in [0.1, 0.15) is 72.1 Å². The highest BCUT2D eigenvalue weighted by Gasteiger charge is 2.32. The molecule has 1 rings (SSSR count). The normalized spacial score (nSPS) is 26.9. The molecule has 1 aliphatic rings. The van der Waals surface area contributed by atoms with E-state index >= 15 is 0 Å². The third-order valence-electron chi connectivity index (χ3n) is 3.87. The first-order valence-electron chi connectivity index (χ1n) is 8.51. The van der Waals surface area contributed by atoms with E-state index in [1.165, 1.54) is 44.9 Å². The number of hydrogen-bond acceptors (Lipinski definition) is 3. The molecule has 0 aromatic rings. The van der Waals surface area contributed by atoms with Crippen LogP contribution in [0.25, 0.3) is 0 Å². The SMILES string of the molecule is CCCCCCOCC1(C)COC(CCCCC)OC1. The highest BCUT2D eigenvalue weighted by atomic mass is 16.7. The van der Waals surface area contributed by atoms with Crippen LogP contribution in [-0.4, -0.2) is 32.7 Å². The molecule has 0 aromatic heterocycles. The van der Waals surface area contributed by atoms with Crippen molar-refractivity contribution in [2.24, 2.45) is 5.41 Å². The second-order valence-corrected chi connectivity index (χ2v) is 6.47. The van der Waals surface area contributed by atoms with Crippen LogP contribution in [0.15, 0.2) is 0 Å². The third-order valence-corrected chi connectivity index (χ3v) is 3.87. The Morgan fingerprint density at radius 1 is 0.950 bits per heavy atom. The molecule has 20 heavy (non-hydrogen) atoms. The van der Waals surface area contributed by atoms with E-state index < -0.39 is 0 Å². The first-order valence-corrected chi connectivity index (χ1v) is 8.51. The first-order chi connectivity index (χ1) is 9.70. The molecule has 1 saturated heterocycles. The maximum Gasteiger partial charge on any atom is 0.157 e. The van der Waals surface area contributed by atoms with Gasteiger partial charge in [0.15, 0.2) is 6.29 Å². The molecule has 0 amide bonds. The van der Waals surface area contributed by atoms with Crippen molar-refractivity contribution in [1.82, 2.24) is 0 Å². The van der Waals surface area contributed by atoms with E-state index in [1.807, 2.05) is 0 Å². The van der Waals surface area contributed by atoms with Crippen LogP contribution >= 0.6 is 0 Å². The topological polar surface area (TPSA) is 27.7 Å². The van der Waals surface area contributed by atoms with Crippen LogP contribution < -0.4 is 0 Å². The van der Waals surface area contributed by atoms with E-state index in [0.717, 1.165) is 32.8 Å². The predicted molar refractivity (Wildman–Crippen MR) is 82.9 cm³/mol. The minimum atomic E-state index is 0.0131. The van der Waals surface area contributed by atoms with Crippen LogP contribution in [0.2, 0.25) is 0 Å². The second-order valence-electron chi connectivity index (χ2n) is 6.47. The van der Waals surface area contributed by atoms with E-state index in [9.17, 15) is 0 Å². The summed E-state index contributed by atoms with van der Waals surface area (Å²) in [6.07, 6.45) is 9.79. The third kappa shape index (κ3) is 7.61. The van der Waals surface area contributed by atoms with Gasteiger partial charge in [-0.1, -0.05) is 52.9 Å². The number of ether oxygens (including phenoxy) is 3. The van der Waals surface area contributed by atoms with E-state index in [2.05, 4.69) is 20.8 Å². The van der Waals surface area contributed by atoms with Gasteiger partial charge in [0.2, 0.25) is 0 Å². The zero-order valence-corrected chi connectivity index (χ0v) is 13.8. The van der Waals surface area contributed by atoms with Gasteiger partial charge in [-0.05, 0) is 19.3 Å². The fraction of sp³-hybridized carbons (Fsp3) is 1.00. The smallest absolute Gasteiger partial charge is 0.157 e.